The van der Waals surface area contributed by atoms with E-state index in [-0.39, 0.29) is 6.17 Å². The Hall–Kier alpha value is -2.36. The molecule has 0 amide bonds. The molecule has 21 heavy (non-hydrogen) atoms. The summed E-state index contributed by atoms with van der Waals surface area (Å²) in [6.07, 6.45) is 0.136. The molecule has 0 saturated heterocycles. The third kappa shape index (κ3) is 2.61. The average molecular weight is 284 g/mol. The van der Waals surface area contributed by atoms with Crippen molar-refractivity contribution in [3.8, 4) is 11.5 Å². The molecule has 0 fully saturated rings. The zero-order valence-electron chi connectivity index (χ0n) is 12.4. The fraction of sp³-hybridized carbons (Fsp3) is 0.294. The molecule has 0 bridgehead atoms. The number of rotatable bonds is 5. The highest BCUT2D eigenvalue weighted by molar-refractivity contribution is 5.75. The molecule has 110 valence electrons. The number of nitrogens with zero attached hydrogens (tertiary/aromatic N) is 1. The summed E-state index contributed by atoms with van der Waals surface area (Å²) >= 11 is 0. The van der Waals surface area contributed by atoms with Crippen LogP contribution < -0.4 is 19.7 Å². The maximum atomic E-state index is 5.95. The zero-order valence-corrected chi connectivity index (χ0v) is 12.4. The van der Waals surface area contributed by atoms with Gasteiger partial charge in [0.25, 0.3) is 0 Å². The minimum Gasteiger partial charge on any atom is -0.493 e. The second-order valence-electron chi connectivity index (χ2n) is 4.93. The van der Waals surface area contributed by atoms with E-state index < -0.39 is 0 Å². The average Bonchev–Trinajstić information content (AvgIpc) is 2.90. The lowest BCUT2D eigenvalue weighted by molar-refractivity contribution is 0.278. The summed E-state index contributed by atoms with van der Waals surface area (Å²) in [4.78, 5) is 2.31. The van der Waals surface area contributed by atoms with Crippen LogP contribution in [0.4, 0.5) is 11.4 Å². The smallest absolute Gasteiger partial charge is 0.161 e. The Morgan fingerprint density at radius 1 is 1.05 bits per heavy atom. The standard InChI is InChI=1S/C17H20N2O2/c1-3-19-14-9-5-4-8-13(14)18-17(19)12-21-16-11-7-6-10-15(16)20-2/h4-11,17-18H,3,12H2,1-2H3. The van der Waals surface area contributed by atoms with Crippen molar-refractivity contribution < 1.29 is 9.47 Å². The summed E-state index contributed by atoms with van der Waals surface area (Å²) in [7, 11) is 1.66. The van der Waals surface area contributed by atoms with Crippen LogP contribution in [0, 0.1) is 0 Å². The number of methoxy groups -OCH3 is 1. The molecule has 1 heterocycles. The predicted octanol–water partition coefficient (Wildman–Crippen LogP) is 3.35. The van der Waals surface area contributed by atoms with Crippen molar-refractivity contribution in [3.63, 3.8) is 0 Å². The van der Waals surface area contributed by atoms with E-state index in [0.29, 0.717) is 6.61 Å². The van der Waals surface area contributed by atoms with Crippen LogP contribution in [0.25, 0.3) is 0 Å². The Bertz CT molecular complexity index is 615. The Kier molecular flexibility index (Phi) is 3.86. The molecule has 1 unspecified atom stereocenters. The fourth-order valence-electron chi connectivity index (χ4n) is 2.70. The molecule has 2 aromatic rings. The molecule has 0 saturated carbocycles. The Morgan fingerprint density at radius 3 is 2.52 bits per heavy atom. The third-order valence-corrected chi connectivity index (χ3v) is 3.72. The lowest BCUT2D eigenvalue weighted by Gasteiger charge is -2.25. The van der Waals surface area contributed by atoms with Gasteiger partial charge in [-0.05, 0) is 31.2 Å². The number of para-hydroxylation sites is 4. The second-order valence-corrected chi connectivity index (χ2v) is 4.93. The molecule has 4 heteroatoms. The van der Waals surface area contributed by atoms with Crippen LogP contribution in [-0.4, -0.2) is 26.4 Å². The van der Waals surface area contributed by atoms with Crippen molar-refractivity contribution in [3.05, 3.63) is 48.5 Å². The molecular weight excluding hydrogens is 264 g/mol. The monoisotopic (exact) mass is 284 g/mol. The number of fused-ring (bicyclic) bond motifs is 1. The van der Waals surface area contributed by atoms with Gasteiger partial charge in [-0.25, -0.2) is 0 Å². The van der Waals surface area contributed by atoms with E-state index in [1.807, 2.05) is 30.3 Å². The maximum Gasteiger partial charge on any atom is 0.161 e. The summed E-state index contributed by atoms with van der Waals surface area (Å²) in [5, 5.41) is 3.50. The van der Waals surface area contributed by atoms with E-state index in [9.17, 15) is 0 Å². The first-order valence-electron chi connectivity index (χ1n) is 7.21. The Labute approximate surface area is 125 Å². The van der Waals surface area contributed by atoms with Gasteiger partial charge in [0.05, 0.1) is 18.5 Å². The molecule has 0 spiro atoms. The molecule has 0 aliphatic carbocycles. The van der Waals surface area contributed by atoms with Crippen molar-refractivity contribution in [1.29, 1.82) is 0 Å². The highest BCUT2D eigenvalue weighted by Gasteiger charge is 2.27. The van der Waals surface area contributed by atoms with Crippen molar-refractivity contribution in [1.82, 2.24) is 0 Å². The largest absolute Gasteiger partial charge is 0.493 e. The maximum absolute atomic E-state index is 5.95. The minimum absolute atomic E-state index is 0.136. The van der Waals surface area contributed by atoms with Crippen LogP contribution in [0.15, 0.2) is 48.5 Å². The van der Waals surface area contributed by atoms with Crippen LogP contribution in [-0.2, 0) is 0 Å². The lowest BCUT2D eigenvalue weighted by atomic mass is 10.2. The number of anilines is 2. The molecule has 1 N–H and O–H groups in total. The van der Waals surface area contributed by atoms with Gasteiger partial charge in [0.1, 0.15) is 12.8 Å². The Morgan fingerprint density at radius 2 is 1.76 bits per heavy atom. The van der Waals surface area contributed by atoms with Gasteiger partial charge in [0.2, 0.25) is 0 Å². The molecular formula is C17H20N2O2. The summed E-state index contributed by atoms with van der Waals surface area (Å²) in [5.74, 6) is 1.53. The number of likely N-dealkylation sites (N-methyl/N-ethyl adjacent to an activating group) is 1. The molecule has 3 rings (SSSR count). The molecule has 2 aromatic carbocycles. The summed E-state index contributed by atoms with van der Waals surface area (Å²) in [6, 6.07) is 16.1. The van der Waals surface area contributed by atoms with Crippen molar-refractivity contribution >= 4 is 11.4 Å². The van der Waals surface area contributed by atoms with Crippen molar-refractivity contribution in [2.75, 3.05) is 30.5 Å². The summed E-state index contributed by atoms with van der Waals surface area (Å²) < 4.78 is 11.3. The quantitative estimate of drug-likeness (QED) is 0.913. The third-order valence-electron chi connectivity index (χ3n) is 3.72. The van der Waals surface area contributed by atoms with Crippen LogP contribution in [0.1, 0.15) is 6.92 Å². The topological polar surface area (TPSA) is 33.7 Å². The zero-order chi connectivity index (χ0) is 14.7. The molecule has 4 nitrogen and oxygen atoms in total. The molecule has 0 aromatic heterocycles. The van der Waals surface area contributed by atoms with Gasteiger partial charge >= 0.3 is 0 Å². The molecule has 1 aliphatic rings. The van der Waals surface area contributed by atoms with Gasteiger partial charge < -0.3 is 19.7 Å². The number of hydrogen-bond donors (Lipinski definition) is 1. The highest BCUT2D eigenvalue weighted by atomic mass is 16.5. The molecule has 0 radical (unpaired) electrons. The fourth-order valence-corrected chi connectivity index (χ4v) is 2.70. The van der Waals surface area contributed by atoms with Crippen molar-refractivity contribution in [2.45, 2.75) is 13.1 Å². The first-order valence-corrected chi connectivity index (χ1v) is 7.21. The van der Waals surface area contributed by atoms with Gasteiger partial charge in [0, 0.05) is 6.54 Å². The predicted molar refractivity (Wildman–Crippen MR) is 85.4 cm³/mol. The molecule has 1 atom stereocenters. The normalized spacial score (nSPS) is 16.3. The second kappa shape index (κ2) is 5.95. The SMILES string of the molecule is CCN1c2ccccc2NC1COc1ccccc1OC. The van der Waals surface area contributed by atoms with Crippen LogP contribution in [0.5, 0.6) is 11.5 Å². The van der Waals surface area contributed by atoms with E-state index in [2.05, 4.69) is 35.3 Å². The molecule has 1 aliphatic heterocycles. The lowest BCUT2D eigenvalue weighted by Crippen LogP contribution is -2.40. The highest BCUT2D eigenvalue weighted by Crippen LogP contribution is 2.34. The number of benzene rings is 2. The van der Waals surface area contributed by atoms with E-state index in [1.54, 1.807) is 7.11 Å². The van der Waals surface area contributed by atoms with Gasteiger partial charge in [-0.2, -0.15) is 0 Å². The minimum atomic E-state index is 0.136. The van der Waals surface area contributed by atoms with Crippen LogP contribution in [0.3, 0.4) is 0 Å². The number of nitrogens with one attached hydrogen (secondary N) is 1. The van der Waals surface area contributed by atoms with E-state index in [4.69, 9.17) is 9.47 Å². The summed E-state index contributed by atoms with van der Waals surface area (Å²) in [5.41, 5.74) is 2.39. The van der Waals surface area contributed by atoms with Gasteiger partial charge in [-0.3, -0.25) is 0 Å². The number of hydrogen-bond acceptors (Lipinski definition) is 4. The van der Waals surface area contributed by atoms with Gasteiger partial charge in [-0.15, -0.1) is 0 Å². The Balaban J connectivity index is 1.72. The van der Waals surface area contributed by atoms with Crippen molar-refractivity contribution in [2.24, 2.45) is 0 Å². The first-order chi connectivity index (χ1) is 10.3. The van der Waals surface area contributed by atoms with Gasteiger partial charge in [0.15, 0.2) is 11.5 Å². The van der Waals surface area contributed by atoms with Crippen LogP contribution in [0.2, 0.25) is 0 Å². The van der Waals surface area contributed by atoms with Gasteiger partial charge in [-0.1, -0.05) is 24.3 Å². The first kappa shape index (κ1) is 13.6. The number of ether oxygens (including phenoxy) is 2. The van der Waals surface area contributed by atoms with E-state index in [1.165, 1.54) is 5.69 Å². The van der Waals surface area contributed by atoms with E-state index in [0.717, 1.165) is 23.7 Å². The van der Waals surface area contributed by atoms with Crippen LogP contribution >= 0.6 is 0 Å². The summed E-state index contributed by atoms with van der Waals surface area (Å²) in [6.45, 7) is 3.65. The van der Waals surface area contributed by atoms with E-state index >= 15 is 0 Å².